The number of amides is 2. The summed E-state index contributed by atoms with van der Waals surface area (Å²) in [6.07, 6.45) is -0.901. The molecule has 1 aromatic carbocycles. The fraction of sp³-hybridized carbons (Fsp3) is 0.250. The van der Waals surface area contributed by atoms with Crippen LogP contribution in [0.1, 0.15) is 10.5 Å². The Balaban J connectivity index is 1.42. The van der Waals surface area contributed by atoms with Crippen molar-refractivity contribution in [2.45, 2.75) is 0 Å². The van der Waals surface area contributed by atoms with Crippen molar-refractivity contribution in [3.63, 3.8) is 0 Å². The molecule has 4 rings (SSSR count). The van der Waals surface area contributed by atoms with Crippen molar-refractivity contribution >= 4 is 55.7 Å². The quantitative estimate of drug-likeness (QED) is 0.715. The van der Waals surface area contributed by atoms with Crippen molar-refractivity contribution < 1.29 is 14.7 Å². The number of piperazine rings is 1. The summed E-state index contributed by atoms with van der Waals surface area (Å²) in [7, 11) is 0. The minimum absolute atomic E-state index is 0.263. The van der Waals surface area contributed by atoms with Crippen molar-refractivity contribution in [2.24, 2.45) is 0 Å². The first-order chi connectivity index (χ1) is 12.6. The Hall–Kier alpha value is -2.72. The predicted octanol–water partition coefficient (Wildman–Crippen LogP) is 2.81. The van der Waals surface area contributed by atoms with Gasteiger partial charge in [-0.2, -0.15) is 0 Å². The molecule has 2 N–H and O–H groups in total. The highest BCUT2D eigenvalue weighted by Crippen LogP contribution is 2.24. The number of aromatic nitrogens is 2. The number of carboxylic acid groups (broad SMARTS) is 1. The van der Waals surface area contributed by atoms with Crippen LogP contribution >= 0.6 is 22.7 Å². The highest BCUT2D eigenvalue weighted by atomic mass is 32.1. The van der Waals surface area contributed by atoms with Crippen LogP contribution in [-0.4, -0.2) is 58.2 Å². The molecule has 0 aliphatic carbocycles. The lowest BCUT2D eigenvalue weighted by Crippen LogP contribution is -2.48. The first kappa shape index (κ1) is 16.7. The van der Waals surface area contributed by atoms with Crippen molar-refractivity contribution in [3.05, 3.63) is 34.8 Å². The first-order valence-electron chi connectivity index (χ1n) is 7.93. The smallest absolute Gasteiger partial charge is 0.407 e. The summed E-state index contributed by atoms with van der Waals surface area (Å²) in [6, 6.07) is 5.58. The van der Waals surface area contributed by atoms with E-state index in [2.05, 4.69) is 15.3 Å². The van der Waals surface area contributed by atoms with Crippen LogP contribution in [0, 0.1) is 0 Å². The Morgan fingerprint density at radius 1 is 1.15 bits per heavy atom. The molecule has 0 saturated carbocycles. The van der Waals surface area contributed by atoms with Gasteiger partial charge in [-0.25, -0.2) is 14.8 Å². The van der Waals surface area contributed by atoms with Gasteiger partial charge in [0.1, 0.15) is 5.69 Å². The average Bonchev–Trinajstić information content (AvgIpc) is 3.31. The summed E-state index contributed by atoms with van der Waals surface area (Å²) in [5, 5.41) is 14.3. The van der Waals surface area contributed by atoms with Crippen LogP contribution in [0.3, 0.4) is 0 Å². The van der Waals surface area contributed by atoms with Gasteiger partial charge in [0.2, 0.25) is 0 Å². The van der Waals surface area contributed by atoms with Gasteiger partial charge >= 0.3 is 6.09 Å². The number of rotatable bonds is 3. The fourth-order valence-corrected chi connectivity index (χ4v) is 4.31. The number of fused-ring (bicyclic) bond motifs is 1. The summed E-state index contributed by atoms with van der Waals surface area (Å²) < 4.78 is 1.01. The summed E-state index contributed by atoms with van der Waals surface area (Å²) in [5.41, 5.74) is 3.74. The molecule has 2 amide bonds. The van der Waals surface area contributed by atoms with Gasteiger partial charge in [-0.3, -0.25) is 4.79 Å². The third kappa shape index (κ3) is 3.33. The second-order valence-electron chi connectivity index (χ2n) is 5.76. The maximum atomic E-state index is 12.4. The monoisotopic (exact) mass is 389 g/mol. The number of thiazole rings is 2. The summed E-state index contributed by atoms with van der Waals surface area (Å²) in [5.74, 6) is -0.263. The molecule has 1 fully saturated rings. The van der Waals surface area contributed by atoms with E-state index in [0.717, 1.165) is 15.3 Å². The van der Waals surface area contributed by atoms with E-state index in [1.54, 1.807) is 10.9 Å². The zero-order valence-corrected chi connectivity index (χ0v) is 15.2. The van der Waals surface area contributed by atoms with Crippen LogP contribution < -0.4 is 10.2 Å². The number of hydrogen-bond acceptors (Lipinski definition) is 7. The van der Waals surface area contributed by atoms with E-state index >= 15 is 0 Å². The molecular weight excluding hydrogens is 374 g/mol. The molecule has 0 atom stereocenters. The number of hydrogen-bond donors (Lipinski definition) is 2. The van der Waals surface area contributed by atoms with E-state index in [4.69, 9.17) is 5.11 Å². The molecule has 0 bridgehead atoms. The molecule has 2 aromatic heterocycles. The van der Waals surface area contributed by atoms with Crippen LogP contribution in [0.25, 0.3) is 10.2 Å². The average molecular weight is 389 g/mol. The van der Waals surface area contributed by atoms with Crippen LogP contribution in [0.15, 0.2) is 29.1 Å². The first-order valence-corrected chi connectivity index (χ1v) is 9.69. The second-order valence-corrected chi connectivity index (χ2v) is 7.48. The molecule has 0 unspecified atom stereocenters. The number of carbonyl (C=O) groups is 2. The van der Waals surface area contributed by atoms with Gasteiger partial charge < -0.3 is 20.2 Å². The molecule has 3 heterocycles. The topological polar surface area (TPSA) is 98.7 Å². The molecule has 134 valence electrons. The molecule has 3 aromatic rings. The van der Waals surface area contributed by atoms with E-state index in [9.17, 15) is 9.59 Å². The highest BCUT2D eigenvalue weighted by molar-refractivity contribution is 7.16. The van der Waals surface area contributed by atoms with Crippen LogP contribution in [0.5, 0.6) is 0 Å². The minimum atomic E-state index is -0.901. The van der Waals surface area contributed by atoms with Gasteiger partial charge in [0.05, 0.1) is 15.7 Å². The van der Waals surface area contributed by atoms with Crippen LogP contribution in [0.2, 0.25) is 0 Å². The Kier molecular flexibility index (Phi) is 4.43. The Morgan fingerprint density at radius 3 is 2.73 bits per heavy atom. The van der Waals surface area contributed by atoms with Gasteiger partial charge in [0.15, 0.2) is 5.13 Å². The highest BCUT2D eigenvalue weighted by Gasteiger charge is 2.23. The molecule has 1 aliphatic heterocycles. The van der Waals surface area contributed by atoms with Crippen molar-refractivity contribution in [1.29, 1.82) is 0 Å². The van der Waals surface area contributed by atoms with Crippen molar-refractivity contribution in [2.75, 3.05) is 36.4 Å². The number of carbonyl (C=O) groups excluding carboxylic acids is 1. The Labute approximate surface area is 156 Å². The third-order valence-corrected chi connectivity index (χ3v) is 5.83. The molecular formula is C16H15N5O3S2. The van der Waals surface area contributed by atoms with Gasteiger partial charge in [0.25, 0.3) is 5.91 Å². The van der Waals surface area contributed by atoms with E-state index in [1.165, 1.54) is 27.6 Å². The zero-order chi connectivity index (χ0) is 18.1. The summed E-state index contributed by atoms with van der Waals surface area (Å²) in [6.45, 7) is 2.02. The molecule has 1 saturated heterocycles. The lowest BCUT2D eigenvalue weighted by molar-refractivity contribution is 0.102. The normalized spacial score (nSPS) is 14.6. The van der Waals surface area contributed by atoms with E-state index in [1.807, 2.05) is 23.1 Å². The molecule has 10 heteroatoms. The van der Waals surface area contributed by atoms with E-state index < -0.39 is 6.09 Å². The number of benzene rings is 1. The number of anilines is 2. The third-order valence-electron chi connectivity index (χ3n) is 4.13. The molecule has 26 heavy (non-hydrogen) atoms. The lowest BCUT2D eigenvalue weighted by atomic mass is 10.3. The number of nitrogens with one attached hydrogen (secondary N) is 1. The van der Waals surface area contributed by atoms with Crippen LogP contribution in [-0.2, 0) is 0 Å². The SMILES string of the molecule is O=C(Nc1ccc2ncsc2c1)c1csc(N2CCN(C(=O)O)CC2)n1. The van der Waals surface area contributed by atoms with Crippen molar-refractivity contribution in [3.8, 4) is 0 Å². The largest absolute Gasteiger partial charge is 0.465 e. The Bertz CT molecular complexity index is 962. The van der Waals surface area contributed by atoms with Crippen molar-refractivity contribution in [1.82, 2.24) is 14.9 Å². The maximum Gasteiger partial charge on any atom is 0.407 e. The fourth-order valence-electron chi connectivity index (χ4n) is 2.73. The van der Waals surface area contributed by atoms with E-state index in [0.29, 0.717) is 37.6 Å². The maximum absolute atomic E-state index is 12.4. The molecule has 1 aliphatic rings. The second kappa shape index (κ2) is 6.89. The standard InChI is InChI=1S/C16H15N5O3S2/c22-14(18-10-1-2-11-13(7-10)26-9-17-11)12-8-25-15(19-12)20-3-5-21(6-4-20)16(23)24/h1-2,7-9H,3-6H2,(H,18,22)(H,23,24). The van der Waals surface area contributed by atoms with Gasteiger partial charge in [-0.05, 0) is 18.2 Å². The minimum Gasteiger partial charge on any atom is -0.465 e. The predicted molar refractivity (Wildman–Crippen MR) is 101 cm³/mol. The molecule has 8 nitrogen and oxygen atoms in total. The van der Waals surface area contributed by atoms with Gasteiger partial charge in [-0.1, -0.05) is 0 Å². The lowest BCUT2D eigenvalue weighted by Gasteiger charge is -2.32. The van der Waals surface area contributed by atoms with Crippen LogP contribution in [0.4, 0.5) is 15.6 Å². The molecule has 0 spiro atoms. The zero-order valence-electron chi connectivity index (χ0n) is 13.6. The summed E-state index contributed by atoms with van der Waals surface area (Å²) in [4.78, 5) is 35.4. The van der Waals surface area contributed by atoms with Gasteiger partial charge in [-0.15, -0.1) is 22.7 Å². The van der Waals surface area contributed by atoms with Gasteiger partial charge in [0, 0.05) is 37.2 Å². The number of nitrogens with zero attached hydrogens (tertiary/aromatic N) is 4. The summed E-state index contributed by atoms with van der Waals surface area (Å²) >= 11 is 2.91. The molecule has 0 radical (unpaired) electrons. The Morgan fingerprint density at radius 2 is 1.96 bits per heavy atom. The van der Waals surface area contributed by atoms with E-state index in [-0.39, 0.29) is 5.91 Å².